The predicted molar refractivity (Wildman–Crippen MR) is 99.0 cm³/mol. The highest BCUT2D eigenvalue weighted by atomic mass is 16.5. The van der Waals surface area contributed by atoms with Crippen molar-refractivity contribution in [3.63, 3.8) is 0 Å². The lowest BCUT2D eigenvalue weighted by molar-refractivity contribution is 0.0313. The van der Waals surface area contributed by atoms with E-state index in [4.69, 9.17) is 4.74 Å². The van der Waals surface area contributed by atoms with Crippen molar-refractivity contribution in [3.05, 3.63) is 54.0 Å². The fourth-order valence-electron chi connectivity index (χ4n) is 3.21. The van der Waals surface area contributed by atoms with Gasteiger partial charge in [0.1, 0.15) is 5.82 Å². The minimum atomic E-state index is -0.00228. The zero-order valence-electron chi connectivity index (χ0n) is 14.8. The van der Waals surface area contributed by atoms with Gasteiger partial charge < -0.3 is 15.0 Å². The first-order chi connectivity index (χ1) is 12.8. The Labute approximate surface area is 153 Å². The summed E-state index contributed by atoms with van der Waals surface area (Å²) < 4.78 is 6.07. The van der Waals surface area contributed by atoms with E-state index < -0.39 is 0 Å². The Bertz CT molecular complexity index is 748. The van der Waals surface area contributed by atoms with Crippen LogP contribution in [0.15, 0.2) is 42.9 Å². The van der Waals surface area contributed by atoms with Crippen LogP contribution in [0.3, 0.4) is 0 Å². The van der Waals surface area contributed by atoms with Crippen molar-refractivity contribution < 1.29 is 9.53 Å². The van der Waals surface area contributed by atoms with E-state index >= 15 is 0 Å². The molecule has 26 heavy (non-hydrogen) atoms. The molecule has 1 aliphatic heterocycles. The highest BCUT2D eigenvalue weighted by Crippen LogP contribution is 2.22. The molecule has 2 aromatic rings. The number of ether oxygens (including phenoxy) is 1. The lowest BCUT2D eigenvalue weighted by Crippen LogP contribution is -2.40. The number of anilines is 1. The van der Waals surface area contributed by atoms with E-state index in [0.29, 0.717) is 18.2 Å². The van der Waals surface area contributed by atoms with Crippen LogP contribution in [-0.4, -0.2) is 41.1 Å². The molecule has 0 bridgehead atoms. The van der Waals surface area contributed by atoms with E-state index in [2.05, 4.69) is 20.2 Å². The maximum atomic E-state index is 12.3. The lowest BCUT2D eigenvalue weighted by atomic mass is 10.1. The van der Waals surface area contributed by atoms with Crippen LogP contribution in [0.5, 0.6) is 0 Å². The van der Waals surface area contributed by atoms with Crippen LogP contribution in [-0.2, 0) is 11.3 Å². The van der Waals surface area contributed by atoms with Crippen molar-refractivity contribution in [2.45, 2.75) is 44.4 Å². The molecule has 1 amide bonds. The van der Waals surface area contributed by atoms with Gasteiger partial charge in [0.15, 0.2) is 0 Å². The van der Waals surface area contributed by atoms with Gasteiger partial charge in [-0.1, -0.05) is 6.07 Å². The Kier molecular flexibility index (Phi) is 5.11. The molecule has 0 spiro atoms. The van der Waals surface area contributed by atoms with Gasteiger partial charge >= 0.3 is 0 Å². The standard InChI is InChI=1S/C20H24N4O2/c25-20(23-17-5-6-17)16-7-9-22-19(11-16)24-10-2-4-18(13-24)26-14-15-3-1-8-21-12-15/h1,3,7-9,11-12,17-18H,2,4-6,10,13-14H2,(H,23,25)/t18-/m0/s1. The second-order valence-electron chi connectivity index (χ2n) is 7.03. The normalized spacial score (nSPS) is 20.0. The molecule has 1 aliphatic carbocycles. The molecule has 6 nitrogen and oxygen atoms in total. The van der Waals surface area contributed by atoms with E-state index in [9.17, 15) is 4.79 Å². The second-order valence-corrected chi connectivity index (χ2v) is 7.03. The molecule has 1 saturated heterocycles. The molecule has 1 saturated carbocycles. The van der Waals surface area contributed by atoms with Crippen LogP contribution in [0.4, 0.5) is 5.82 Å². The average Bonchev–Trinajstić information content (AvgIpc) is 3.51. The highest BCUT2D eigenvalue weighted by molar-refractivity contribution is 5.95. The Morgan fingerprint density at radius 3 is 3.00 bits per heavy atom. The fraction of sp³-hybridized carbons (Fsp3) is 0.450. The monoisotopic (exact) mass is 352 g/mol. The number of carbonyl (C=O) groups is 1. The summed E-state index contributed by atoms with van der Waals surface area (Å²) in [4.78, 5) is 23.1. The summed E-state index contributed by atoms with van der Waals surface area (Å²) in [6, 6.07) is 7.98. The van der Waals surface area contributed by atoms with Crippen molar-refractivity contribution >= 4 is 11.7 Å². The molecule has 1 N–H and O–H groups in total. The zero-order valence-corrected chi connectivity index (χ0v) is 14.8. The molecular weight excluding hydrogens is 328 g/mol. The molecule has 2 aliphatic rings. The smallest absolute Gasteiger partial charge is 0.251 e. The van der Waals surface area contributed by atoms with Crippen molar-refractivity contribution in [1.82, 2.24) is 15.3 Å². The van der Waals surface area contributed by atoms with E-state index in [1.165, 1.54) is 0 Å². The molecule has 2 fully saturated rings. The number of piperidine rings is 1. The molecule has 0 radical (unpaired) electrons. The molecular formula is C20H24N4O2. The molecule has 136 valence electrons. The minimum absolute atomic E-state index is 0.00228. The van der Waals surface area contributed by atoms with Crippen molar-refractivity contribution in [1.29, 1.82) is 0 Å². The Balaban J connectivity index is 1.37. The largest absolute Gasteiger partial charge is 0.372 e. The van der Waals surface area contributed by atoms with E-state index in [1.54, 1.807) is 18.5 Å². The summed E-state index contributed by atoms with van der Waals surface area (Å²) in [5.41, 5.74) is 1.77. The van der Waals surface area contributed by atoms with Crippen LogP contribution in [0.25, 0.3) is 0 Å². The Hall–Kier alpha value is -2.47. The quantitative estimate of drug-likeness (QED) is 0.865. The maximum absolute atomic E-state index is 12.3. The summed E-state index contributed by atoms with van der Waals surface area (Å²) in [6.07, 6.45) is 9.76. The average molecular weight is 352 g/mol. The lowest BCUT2D eigenvalue weighted by Gasteiger charge is -2.33. The minimum Gasteiger partial charge on any atom is -0.372 e. The molecule has 6 heteroatoms. The van der Waals surface area contributed by atoms with E-state index in [-0.39, 0.29) is 12.0 Å². The number of rotatable bonds is 6. The topological polar surface area (TPSA) is 67.4 Å². The highest BCUT2D eigenvalue weighted by Gasteiger charge is 2.25. The first-order valence-electron chi connectivity index (χ1n) is 9.30. The third-order valence-electron chi connectivity index (χ3n) is 4.83. The number of nitrogens with one attached hydrogen (secondary N) is 1. The third-order valence-corrected chi connectivity index (χ3v) is 4.83. The molecule has 0 aromatic carbocycles. The summed E-state index contributed by atoms with van der Waals surface area (Å²) in [7, 11) is 0. The van der Waals surface area contributed by atoms with Gasteiger partial charge in [0, 0.05) is 43.3 Å². The molecule has 1 atom stereocenters. The van der Waals surface area contributed by atoms with Crippen LogP contribution in [0.2, 0.25) is 0 Å². The number of hydrogen-bond acceptors (Lipinski definition) is 5. The summed E-state index contributed by atoms with van der Waals surface area (Å²) in [5.74, 6) is 0.848. The SMILES string of the molecule is O=C(NC1CC1)c1ccnc(N2CCC[C@H](OCc3cccnc3)C2)c1. The van der Waals surface area contributed by atoms with Crippen molar-refractivity contribution in [2.24, 2.45) is 0 Å². The van der Waals surface area contributed by atoms with Gasteiger partial charge in [-0.3, -0.25) is 9.78 Å². The summed E-state index contributed by atoms with van der Waals surface area (Å²) in [6.45, 7) is 2.30. The number of carbonyl (C=O) groups excluding carboxylic acids is 1. The van der Waals surface area contributed by atoms with Crippen LogP contribution >= 0.6 is 0 Å². The third kappa shape index (κ3) is 4.38. The van der Waals surface area contributed by atoms with Crippen LogP contribution < -0.4 is 10.2 Å². The number of amides is 1. The predicted octanol–water partition coefficient (Wildman–Crippen LogP) is 2.55. The molecule has 2 aromatic heterocycles. The zero-order chi connectivity index (χ0) is 17.8. The van der Waals surface area contributed by atoms with Gasteiger partial charge in [-0.2, -0.15) is 0 Å². The number of pyridine rings is 2. The molecule has 4 rings (SSSR count). The number of aromatic nitrogens is 2. The van der Waals surface area contributed by atoms with Gasteiger partial charge in [0.2, 0.25) is 0 Å². The summed E-state index contributed by atoms with van der Waals surface area (Å²) >= 11 is 0. The van der Waals surface area contributed by atoms with Crippen molar-refractivity contribution in [2.75, 3.05) is 18.0 Å². The first kappa shape index (κ1) is 17.0. The Morgan fingerprint density at radius 2 is 2.19 bits per heavy atom. The fourth-order valence-corrected chi connectivity index (χ4v) is 3.21. The van der Waals surface area contributed by atoms with E-state index in [1.807, 2.05) is 24.4 Å². The molecule has 3 heterocycles. The van der Waals surface area contributed by atoms with Crippen LogP contribution in [0.1, 0.15) is 41.6 Å². The first-order valence-corrected chi connectivity index (χ1v) is 9.30. The van der Waals surface area contributed by atoms with E-state index in [0.717, 1.165) is 50.2 Å². The van der Waals surface area contributed by atoms with Gasteiger partial charge in [-0.05, 0) is 49.4 Å². The van der Waals surface area contributed by atoms with Gasteiger partial charge in [-0.15, -0.1) is 0 Å². The Morgan fingerprint density at radius 1 is 1.27 bits per heavy atom. The number of hydrogen-bond donors (Lipinski definition) is 1. The summed E-state index contributed by atoms with van der Waals surface area (Å²) in [5, 5.41) is 3.03. The van der Waals surface area contributed by atoms with Gasteiger partial charge in [0.05, 0.1) is 12.7 Å². The maximum Gasteiger partial charge on any atom is 0.251 e. The second kappa shape index (κ2) is 7.83. The van der Waals surface area contributed by atoms with Gasteiger partial charge in [0.25, 0.3) is 5.91 Å². The number of nitrogens with zero attached hydrogens (tertiary/aromatic N) is 3. The van der Waals surface area contributed by atoms with Gasteiger partial charge in [-0.25, -0.2) is 4.98 Å². The molecule has 0 unspecified atom stereocenters. The van der Waals surface area contributed by atoms with Crippen LogP contribution in [0, 0.1) is 0 Å². The van der Waals surface area contributed by atoms with Crippen molar-refractivity contribution in [3.8, 4) is 0 Å².